The van der Waals surface area contributed by atoms with Crippen LogP contribution in [-0.2, 0) is 6.54 Å². The highest BCUT2D eigenvalue weighted by atomic mass is 35.5. The van der Waals surface area contributed by atoms with Crippen molar-refractivity contribution >= 4 is 41.0 Å². The Balaban J connectivity index is 1.65. The zero-order valence-electron chi connectivity index (χ0n) is 13.4. The van der Waals surface area contributed by atoms with E-state index in [0.717, 1.165) is 22.5 Å². The quantitative estimate of drug-likeness (QED) is 0.406. The fraction of sp³-hybridized carbons (Fsp3) is 0.105. The van der Waals surface area contributed by atoms with Crippen LogP contribution < -0.4 is 5.43 Å². The molecule has 1 N–H and O–H groups in total. The number of aryl methyl sites for hydroxylation is 1. The van der Waals surface area contributed by atoms with Gasteiger partial charge in [-0.1, -0.05) is 53.0 Å². The summed E-state index contributed by atoms with van der Waals surface area (Å²) in [6.45, 7) is 2.39. The average molecular weight is 394 g/mol. The molecule has 0 aliphatic carbocycles. The Labute approximate surface area is 161 Å². The molecule has 25 heavy (non-hydrogen) atoms. The van der Waals surface area contributed by atoms with Crippen LogP contribution in [0.15, 0.2) is 58.0 Å². The summed E-state index contributed by atoms with van der Waals surface area (Å²) in [5, 5.41) is 6.06. The Morgan fingerprint density at radius 3 is 2.48 bits per heavy atom. The number of nitrogens with zero attached hydrogens (tertiary/aromatic N) is 1. The summed E-state index contributed by atoms with van der Waals surface area (Å²) < 4.78 is 5.76. The van der Waals surface area contributed by atoms with Crippen molar-refractivity contribution < 1.29 is 4.42 Å². The number of halogens is 3. The summed E-state index contributed by atoms with van der Waals surface area (Å²) in [7, 11) is 0. The lowest BCUT2D eigenvalue weighted by atomic mass is 10.1. The molecule has 0 amide bonds. The van der Waals surface area contributed by atoms with Crippen LogP contribution in [0.5, 0.6) is 0 Å². The van der Waals surface area contributed by atoms with E-state index >= 15 is 0 Å². The maximum atomic E-state index is 6.16. The summed E-state index contributed by atoms with van der Waals surface area (Å²) in [5.41, 5.74) is 5.67. The number of hydrogen-bond donors (Lipinski definition) is 1. The normalized spacial score (nSPS) is 11.2. The third kappa shape index (κ3) is 4.37. The summed E-state index contributed by atoms with van der Waals surface area (Å²) in [6, 6.07) is 14.9. The Hall–Kier alpha value is -1.94. The first-order valence-electron chi connectivity index (χ1n) is 7.60. The zero-order valence-corrected chi connectivity index (χ0v) is 15.7. The van der Waals surface area contributed by atoms with Crippen LogP contribution in [-0.4, -0.2) is 6.21 Å². The molecule has 0 unspecified atom stereocenters. The van der Waals surface area contributed by atoms with Gasteiger partial charge in [-0.3, -0.25) is 0 Å². The molecule has 2 aromatic carbocycles. The van der Waals surface area contributed by atoms with Crippen molar-refractivity contribution in [1.29, 1.82) is 0 Å². The van der Waals surface area contributed by atoms with Gasteiger partial charge in [0.05, 0.1) is 12.8 Å². The van der Waals surface area contributed by atoms with E-state index in [2.05, 4.69) is 10.5 Å². The molecular weight excluding hydrogens is 379 g/mol. The van der Waals surface area contributed by atoms with E-state index in [1.165, 1.54) is 0 Å². The first-order valence-corrected chi connectivity index (χ1v) is 8.73. The maximum absolute atomic E-state index is 6.16. The van der Waals surface area contributed by atoms with Gasteiger partial charge in [-0.2, -0.15) is 5.10 Å². The molecule has 0 saturated carbocycles. The number of rotatable bonds is 5. The van der Waals surface area contributed by atoms with Crippen LogP contribution in [0.1, 0.15) is 16.9 Å². The zero-order chi connectivity index (χ0) is 17.8. The van der Waals surface area contributed by atoms with E-state index in [1.54, 1.807) is 24.4 Å². The van der Waals surface area contributed by atoms with Crippen LogP contribution in [0.3, 0.4) is 0 Å². The predicted molar refractivity (Wildman–Crippen MR) is 105 cm³/mol. The topological polar surface area (TPSA) is 37.5 Å². The largest absolute Gasteiger partial charge is 0.455 e. The van der Waals surface area contributed by atoms with Gasteiger partial charge in [-0.25, -0.2) is 0 Å². The van der Waals surface area contributed by atoms with Crippen LogP contribution in [0.2, 0.25) is 15.1 Å². The van der Waals surface area contributed by atoms with Gasteiger partial charge in [0.2, 0.25) is 0 Å². The van der Waals surface area contributed by atoms with Crippen molar-refractivity contribution in [3.63, 3.8) is 0 Å². The molecule has 0 saturated heterocycles. The lowest BCUT2D eigenvalue weighted by Crippen LogP contribution is -2.06. The number of benzene rings is 2. The summed E-state index contributed by atoms with van der Waals surface area (Å²) in [4.78, 5) is 0. The lowest BCUT2D eigenvalue weighted by molar-refractivity contribution is 0.573. The highest BCUT2D eigenvalue weighted by molar-refractivity contribution is 6.36. The average Bonchev–Trinajstić information content (AvgIpc) is 3.05. The van der Waals surface area contributed by atoms with Crippen molar-refractivity contribution in [2.24, 2.45) is 5.10 Å². The molecule has 0 spiro atoms. The fourth-order valence-electron chi connectivity index (χ4n) is 2.26. The van der Waals surface area contributed by atoms with Gasteiger partial charge in [0, 0.05) is 26.2 Å². The molecular formula is C19H15Cl3N2O. The van der Waals surface area contributed by atoms with E-state index in [9.17, 15) is 0 Å². The van der Waals surface area contributed by atoms with Gasteiger partial charge in [-0.15, -0.1) is 0 Å². The van der Waals surface area contributed by atoms with E-state index in [-0.39, 0.29) is 0 Å². The van der Waals surface area contributed by atoms with Crippen molar-refractivity contribution in [3.05, 3.63) is 80.5 Å². The van der Waals surface area contributed by atoms with Crippen molar-refractivity contribution in [2.45, 2.75) is 13.5 Å². The first kappa shape index (κ1) is 17.9. The Kier molecular flexibility index (Phi) is 5.69. The highest BCUT2D eigenvalue weighted by Crippen LogP contribution is 2.26. The third-order valence-electron chi connectivity index (χ3n) is 3.68. The molecule has 3 rings (SSSR count). The number of hydrazone groups is 1. The molecule has 0 fully saturated rings. The second-order valence-electron chi connectivity index (χ2n) is 5.46. The summed E-state index contributed by atoms with van der Waals surface area (Å²) in [6.07, 6.45) is 1.60. The minimum Gasteiger partial charge on any atom is -0.455 e. The van der Waals surface area contributed by atoms with E-state index in [0.29, 0.717) is 27.4 Å². The third-order valence-corrected chi connectivity index (χ3v) is 4.80. The SMILES string of the molecule is Cc1ccc(-c2ccc(/C=N\NCc3c(Cl)cccc3Cl)o2)cc1Cl. The molecule has 3 aromatic rings. The molecule has 0 bridgehead atoms. The van der Waals surface area contributed by atoms with Gasteiger partial charge in [0.1, 0.15) is 11.5 Å². The van der Waals surface area contributed by atoms with E-state index < -0.39 is 0 Å². The predicted octanol–water partition coefficient (Wildman–Crippen LogP) is 6.34. The molecule has 1 aromatic heterocycles. The van der Waals surface area contributed by atoms with E-state index in [1.807, 2.05) is 37.3 Å². The van der Waals surface area contributed by atoms with Crippen molar-refractivity contribution in [3.8, 4) is 11.3 Å². The molecule has 0 atom stereocenters. The molecule has 3 nitrogen and oxygen atoms in total. The van der Waals surface area contributed by atoms with Gasteiger partial charge in [-0.05, 0) is 42.8 Å². The second kappa shape index (κ2) is 7.96. The standard InChI is InChI=1S/C19H15Cl3N2O/c1-12-5-6-13(9-18(12)22)19-8-7-14(25-19)10-23-24-11-15-16(20)3-2-4-17(15)21/h2-10,24H,11H2,1H3/b23-10-. The molecule has 0 aliphatic rings. The van der Waals surface area contributed by atoms with Gasteiger partial charge < -0.3 is 9.84 Å². The second-order valence-corrected chi connectivity index (χ2v) is 6.68. The van der Waals surface area contributed by atoms with Gasteiger partial charge >= 0.3 is 0 Å². The Morgan fingerprint density at radius 2 is 1.76 bits per heavy atom. The van der Waals surface area contributed by atoms with Crippen LogP contribution in [0, 0.1) is 6.92 Å². The molecule has 0 aliphatic heterocycles. The van der Waals surface area contributed by atoms with Gasteiger partial charge in [0.15, 0.2) is 0 Å². The smallest absolute Gasteiger partial charge is 0.147 e. The number of furan rings is 1. The molecule has 6 heteroatoms. The van der Waals surface area contributed by atoms with Crippen LogP contribution >= 0.6 is 34.8 Å². The fourth-order valence-corrected chi connectivity index (χ4v) is 2.97. The monoisotopic (exact) mass is 392 g/mol. The minimum absolute atomic E-state index is 0.427. The van der Waals surface area contributed by atoms with Crippen LogP contribution in [0.25, 0.3) is 11.3 Å². The first-order chi connectivity index (χ1) is 12.0. The highest BCUT2D eigenvalue weighted by Gasteiger charge is 2.06. The maximum Gasteiger partial charge on any atom is 0.147 e. The lowest BCUT2D eigenvalue weighted by Gasteiger charge is -2.05. The Morgan fingerprint density at radius 1 is 1.00 bits per heavy atom. The number of nitrogens with one attached hydrogen (secondary N) is 1. The molecule has 0 radical (unpaired) electrons. The molecule has 1 heterocycles. The summed E-state index contributed by atoms with van der Waals surface area (Å²) in [5.74, 6) is 1.36. The summed E-state index contributed by atoms with van der Waals surface area (Å²) >= 11 is 18.4. The van der Waals surface area contributed by atoms with Crippen LogP contribution in [0.4, 0.5) is 0 Å². The molecule has 128 valence electrons. The van der Waals surface area contributed by atoms with Crippen molar-refractivity contribution in [2.75, 3.05) is 0 Å². The number of hydrogen-bond acceptors (Lipinski definition) is 3. The minimum atomic E-state index is 0.427. The Bertz CT molecular complexity index is 899. The van der Waals surface area contributed by atoms with Gasteiger partial charge in [0.25, 0.3) is 0 Å². The van der Waals surface area contributed by atoms with Crippen molar-refractivity contribution in [1.82, 2.24) is 5.43 Å². The van der Waals surface area contributed by atoms with E-state index in [4.69, 9.17) is 39.2 Å².